The molecule has 144 valence electrons. The van der Waals surface area contributed by atoms with Crippen LogP contribution < -0.4 is 10.1 Å². The van der Waals surface area contributed by atoms with Crippen molar-refractivity contribution >= 4 is 17.6 Å². The van der Waals surface area contributed by atoms with E-state index in [1.54, 1.807) is 47.8 Å². The fourth-order valence-electron chi connectivity index (χ4n) is 2.61. The van der Waals surface area contributed by atoms with E-state index in [4.69, 9.17) is 4.74 Å². The third-order valence-electron chi connectivity index (χ3n) is 3.86. The zero-order valence-corrected chi connectivity index (χ0v) is 14.5. The van der Waals surface area contributed by atoms with Crippen molar-refractivity contribution in [3.8, 4) is 11.4 Å². The van der Waals surface area contributed by atoms with Gasteiger partial charge in [-0.15, -0.1) is 0 Å². The van der Waals surface area contributed by atoms with Crippen LogP contribution in [0.2, 0.25) is 0 Å². The quantitative estimate of drug-likeness (QED) is 0.677. The number of carbonyl (C=O) groups is 2. The molecule has 0 aliphatic carbocycles. The number of halogens is 3. The zero-order chi connectivity index (χ0) is 20.3. The molecule has 6 nitrogen and oxygen atoms in total. The maximum Gasteiger partial charge on any atom is 0.471 e. The lowest BCUT2D eigenvalue weighted by atomic mass is 10.0. The summed E-state index contributed by atoms with van der Waals surface area (Å²) >= 11 is 0. The van der Waals surface area contributed by atoms with Crippen molar-refractivity contribution in [3.05, 3.63) is 72.1 Å². The molecule has 0 aliphatic rings. The number of imidazole rings is 1. The van der Waals surface area contributed by atoms with E-state index in [0.29, 0.717) is 5.56 Å². The van der Waals surface area contributed by atoms with Gasteiger partial charge in [0.1, 0.15) is 11.4 Å². The van der Waals surface area contributed by atoms with Gasteiger partial charge in [0.25, 0.3) is 0 Å². The number of hydrogen-bond donors (Lipinski definition) is 1. The van der Waals surface area contributed by atoms with Gasteiger partial charge >= 0.3 is 12.1 Å². The van der Waals surface area contributed by atoms with E-state index in [0.717, 1.165) is 0 Å². The van der Waals surface area contributed by atoms with Gasteiger partial charge in [0.2, 0.25) is 5.95 Å². The summed E-state index contributed by atoms with van der Waals surface area (Å²) < 4.78 is 44.3. The zero-order valence-electron chi connectivity index (χ0n) is 14.5. The van der Waals surface area contributed by atoms with Crippen molar-refractivity contribution in [1.82, 2.24) is 9.55 Å². The lowest BCUT2D eigenvalue weighted by molar-refractivity contribution is -0.167. The molecule has 0 fully saturated rings. The van der Waals surface area contributed by atoms with Gasteiger partial charge in [0.15, 0.2) is 5.78 Å². The number of nitrogens with zero attached hydrogens (tertiary/aromatic N) is 2. The Bertz CT molecular complexity index is 1010. The van der Waals surface area contributed by atoms with Crippen LogP contribution in [0, 0.1) is 0 Å². The van der Waals surface area contributed by atoms with Crippen LogP contribution >= 0.6 is 0 Å². The highest BCUT2D eigenvalue weighted by atomic mass is 19.4. The van der Waals surface area contributed by atoms with Gasteiger partial charge in [-0.25, -0.2) is 4.98 Å². The molecule has 1 aromatic heterocycles. The SMILES string of the molecule is COc1cccc(C(=O)c2ccccc2)c1-n1ccnc1NC(=O)C(F)(F)F. The van der Waals surface area contributed by atoms with E-state index < -0.39 is 18.0 Å². The minimum Gasteiger partial charge on any atom is -0.495 e. The molecule has 0 spiro atoms. The Labute approximate surface area is 157 Å². The minimum atomic E-state index is -5.08. The number of carbonyl (C=O) groups excluding carboxylic acids is 2. The van der Waals surface area contributed by atoms with E-state index in [2.05, 4.69) is 4.98 Å². The molecule has 0 bridgehead atoms. The molecule has 9 heteroatoms. The Kier molecular flexibility index (Phi) is 5.16. The van der Waals surface area contributed by atoms with Crippen LogP contribution in [-0.2, 0) is 4.79 Å². The van der Waals surface area contributed by atoms with Crippen molar-refractivity contribution in [2.45, 2.75) is 6.18 Å². The largest absolute Gasteiger partial charge is 0.495 e. The van der Waals surface area contributed by atoms with Gasteiger partial charge in [-0.3, -0.25) is 19.5 Å². The van der Waals surface area contributed by atoms with Crippen LogP contribution in [0.15, 0.2) is 60.9 Å². The number of nitrogens with one attached hydrogen (secondary N) is 1. The van der Waals surface area contributed by atoms with Gasteiger partial charge in [-0.2, -0.15) is 13.2 Å². The predicted molar refractivity (Wildman–Crippen MR) is 94.7 cm³/mol. The number of alkyl halides is 3. The number of hydrogen-bond acceptors (Lipinski definition) is 4. The van der Waals surface area contributed by atoms with E-state index in [1.165, 1.54) is 30.1 Å². The second-order valence-electron chi connectivity index (χ2n) is 5.62. The van der Waals surface area contributed by atoms with Crippen LogP contribution in [0.3, 0.4) is 0 Å². The smallest absolute Gasteiger partial charge is 0.471 e. The summed E-state index contributed by atoms with van der Waals surface area (Å²) in [6.07, 6.45) is -2.55. The molecule has 1 amide bonds. The Balaban J connectivity index is 2.12. The summed E-state index contributed by atoms with van der Waals surface area (Å²) in [5, 5.41) is 1.71. The summed E-state index contributed by atoms with van der Waals surface area (Å²) in [5.74, 6) is -2.71. The van der Waals surface area contributed by atoms with Crippen molar-refractivity contribution in [2.75, 3.05) is 12.4 Å². The summed E-state index contributed by atoms with van der Waals surface area (Å²) in [6.45, 7) is 0. The Morgan fingerprint density at radius 2 is 1.79 bits per heavy atom. The highest BCUT2D eigenvalue weighted by Crippen LogP contribution is 2.31. The first-order valence-electron chi connectivity index (χ1n) is 8.01. The van der Waals surface area contributed by atoms with Crippen LogP contribution in [0.4, 0.5) is 19.1 Å². The maximum absolute atomic E-state index is 13.0. The first-order valence-corrected chi connectivity index (χ1v) is 8.01. The van der Waals surface area contributed by atoms with Crippen molar-refractivity contribution in [3.63, 3.8) is 0 Å². The van der Waals surface area contributed by atoms with E-state index >= 15 is 0 Å². The highest BCUT2D eigenvalue weighted by molar-refractivity contribution is 6.12. The lowest BCUT2D eigenvalue weighted by Crippen LogP contribution is -2.31. The third-order valence-corrected chi connectivity index (χ3v) is 3.86. The molecule has 1 N–H and O–H groups in total. The third kappa shape index (κ3) is 3.73. The van der Waals surface area contributed by atoms with Gasteiger partial charge in [0.05, 0.1) is 12.7 Å². The number of benzene rings is 2. The maximum atomic E-state index is 13.0. The van der Waals surface area contributed by atoms with Crippen LogP contribution in [-0.4, -0.2) is 34.5 Å². The van der Waals surface area contributed by atoms with Crippen LogP contribution in [0.25, 0.3) is 5.69 Å². The highest BCUT2D eigenvalue weighted by Gasteiger charge is 2.39. The monoisotopic (exact) mass is 389 g/mol. The van der Waals surface area contributed by atoms with E-state index in [1.807, 2.05) is 0 Å². The molecule has 28 heavy (non-hydrogen) atoms. The summed E-state index contributed by atoms with van der Waals surface area (Å²) in [7, 11) is 1.36. The molecule has 2 aromatic carbocycles. The summed E-state index contributed by atoms with van der Waals surface area (Å²) in [4.78, 5) is 28.0. The van der Waals surface area contributed by atoms with Crippen LogP contribution in [0.1, 0.15) is 15.9 Å². The number of ether oxygens (including phenoxy) is 1. The number of rotatable bonds is 5. The fourth-order valence-corrected chi connectivity index (χ4v) is 2.61. The Hall–Kier alpha value is -3.62. The normalized spacial score (nSPS) is 11.1. The number of anilines is 1. The Morgan fingerprint density at radius 3 is 2.43 bits per heavy atom. The molecule has 0 radical (unpaired) electrons. The van der Waals surface area contributed by atoms with Crippen molar-refractivity contribution in [2.24, 2.45) is 0 Å². The predicted octanol–water partition coefficient (Wildman–Crippen LogP) is 3.61. The number of amides is 1. The van der Waals surface area contributed by atoms with E-state index in [-0.39, 0.29) is 22.8 Å². The molecule has 0 saturated carbocycles. The minimum absolute atomic E-state index is 0.161. The average Bonchev–Trinajstić information content (AvgIpc) is 3.14. The number of methoxy groups -OCH3 is 1. The molecule has 1 heterocycles. The van der Waals surface area contributed by atoms with E-state index in [9.17, 15) is 22.8 Å². The number of aromatic nitrogens is 2. The topological polar surface area (TPSA) is 73.2 Å². The molecular formula is C19H14F3N3O3. The molecule has 3 aromatic rings. The number of para-hydroxylation sites is 1. The molecule has 0 atom stereocenters. The molecule has 0 saturated heterocycles. The fraction of sp³-hybridized carbons (Fsp3) is 0.105. The van der Waals surface area contributed by atoms with Crippen molar-refractivity contribution < 1.29 is 27.5 Å². The van der Waals surface area contributed by atoms with Gasteiger partial charge in [-0.05, 0) is 12.1 Å². The standard InChI is InChI=1S/C19H14F3N3O3/c1-28-14-9-5-8-13(16(26)12-6-3-2-4-7-12)15(14)25-11-10-23-18(25)24-17(27)19(20,21)22/h2-11H,1H3,(H,23,24,27). The first kappa shape index (κ1) is 19.2. The summed E-state index contributed by atoms with van der Waals surface area (Å²) in [6, 6.07) is 13.0. The molecular weight excluding hydrogens is 375 g/mol. The second kappa shape index (κ2) is 7.55. The molecule has 0 aliphatic heterocycles. The van der Waals surface area contributed by atoms with Gasteiger partial charge in [-0.1, -0.05) is 36.4 Å². The first-order chi connectivity index (χ1) is 13.3. The lowest BCUT2D eigenvalue weighted by Gasteiger charge is -2.16. The second-order valence-corrected chi connectivity index (χ2v) is 5.62. The van der Waals surface area contributed by atoms with Crippen LogP contribution in [0.5, 0.6) is 5.75 Å². The molecule has 0 unspecified atom stereocenters. The number of ketones is 1. The van der Waals surface area contributed by atoms with Gasteiger partial charge < -0.3 is 4.74 Å². The van der Waals surface area contributed by atoms with Gasteiger partial charge in [0, 0.05) is 18.0 Å². The average molecular weight is 389 g/mol. The Morgan fingerprint density at radius 1 is 1.07 bits per heavy atom. The van der Waals surface area contributed by atoms with Crippen molar-refractivity contribution in [1.29, 1.82) is 0 Å². The molecule has 3 rings (SSSR count). The summed E-state index contributed by atoms with van der Waals surface area (Å²) in [5.41, 5.74) is 0.720.